The number of para-hydroxylation sites is 2. The average molecular weight is 268 g/mol. The van der Waals surface area contributed by atoms with E-state index in [2.05, 4.69) is 5.32 Å². The molecule has 1 aliphatic heterocycles. The topological polar surface area (TPSA) is 52.6 Å². The van der Waals surface area contributed by atoms with Crippen LogP contribution in [0.4, 0.5) is 11.4 Å². The van der Waals surface area contributed by atoms with Gasteiger partial charge in [-0.05, 0) is 42.8 Å². The molecule has 0 unspecified atom stereocenters. The van der Waals surface area contributed by atoms with Crippen molar-refractivity contribution in [3.05, 3.63) is 54.1 Å². The number of aromatic hydroxyl groups is 1. The van der Waals surface area contributed by atoms with E-state index in [0.717, 1.165) is 24.3 Å². The number of rotatable bonds is 1. The number of nitrogens with zero attached hydrogens (tertiary/aromatic N) is 1. The molecule has 3 rings (SSSR count). The molecule has 4 heteroatoms. The molecule has 102 valence electrons. The molecular formula is C16H16N2O2. The second kappa shape index (κ2) is 5.25. The molecule has 0 saturated carbocycles. The van der Waals surface area contributed by atoms with Crippen molar-refractivity contribution in [1.82, 2.24) is 0 Å². The van der Waals surface area contributed by atoms with Crippen LogP contribution < -0.4 is 10.2 Å². The van der Waals surface area contributed by atoms with E-state index in [-0.39, 0.29) is 11.7 Å². The maximum absolute atomic E-state index is 12.6. The molecule has 4 nitrogen and oxygen atoms in total. The molecule has 0 atom stereocenters. The molecule has 1 heterocycles. The fraction of sp³-hybridized carbons (Fsp3) is 0.188. The second-order valence-electron chi connectivity index (χ2n) is 4.80. The molecule has 2 aromatic carbocycles. The first-order valence-electron chi connectivity index (χ1n) is 6.69. The molecule has 0 bridgehead atoms. The van der Waals surface area contributed by atoms with Crippen LogP contribution >= 0.6 is 0 Å². The molecule has 0 saturated heterocycles. The van der Waals surface area contributed by atoms with Crippen LogP contribution in [0.25, 0.3) is 0 Å². The predicted molar refractivity (Wildman–Crippen MR) is 79.3 cm³/mol. The number of hydrogen-bond donors (Lipinski definition) is 2. The van der Waals surface area contributed by atoms with Gasteiger partial charge in [0.25, 0.3) is 5.91 Å². The van der Waals surface area contributed by atoms with Crippen molar-refractivity contribution in [2.24, 2.45) is 0 Å². The summed E-state index contributed by atoms with van der Waals surface area (Å²) in [5.74, 6) is 0.126. The standard InChI is InChI=1S/C16H16N2O2/c19-13-8-6-12(7-9-13)16(20)18-11-3-10-17-14-4-1-2-5-15(14)18/h1-2,4-9,17,19H,3,10-11H2. The lowest BCUT2D eigenvalue weighted by atomic mass is 10.1. The Labute approximate surface area is 117 Å². The first kappa shape index (κ1) is 12.5. The van der Waals surface area contributed by atoms with Crippen molar-refractivity contribution >= 4 is 17.3 Å². The van der Waals surface area contributed by atoms with Crippen molar-refractivity contribution in [2.45, 2.75) is 6.42 Å². The highest BCUT2D eigenvalue weighted by molar-refractivity contribution is 6.07. The number of amides is 1. The Morgan fingerprint density at radius 1 is 1.10 bits per heavy atom. The minimum atomic E-state index is -0.0406. The summed E-state index contributed by atoms with van der Waals surface area (Å²) in [6, 6.07) is 14.2. The summed E-state index contributed by atoms with van der Waals surface area (Å²) < 4.78 is 0. The number of phenolic OH excluding ortho intramolecular Hbond substituents is 1. The predicted octanol–water partition coefficient (Wildman–Crippen LogP) is 2.85. The maximum atomic E-state index is 12.6. The smallest absolute Gasteiger partial charge is 0.258 e. The molecule has 0 radical (unpaired) electrons. The largest absolute Gasteiger partial charge is 0.508 e. The summed E-state index contributed by atoms with van der Waals surface area (Å²) in [6.07, 6.45) is 0.901. The van der Waals surface area contributed by atoms with Gasteiger partial charge in [0.15, 0.2) is 0 Å². The third-order valence-corrected chi connectivity index (χ3v) is 3.43. The van der Waals surface area contributed by atoms with E-state index in [9.17, 15) is 9.90 Å². The first-order valence-corrected chi connectivity index (χ1v) is 6.69. The van der Waals surface area contributed by atoms with Gasteiger partial charge in [-0.3, -0.25) is 4.79 Å². The monoisotopic (exact) mass is 268 g/mol. The number of benzene rings is 2. The summed E-state index contributed by atoms with van der Waals surface area (Å²) in [4.78, 5) is 14.4. The summed E-state index contributed by atoms with van der Waals surface area (Å²) in [5.41, 5.74) is 2.47. The van der Waals surface area contributed by atoms with Crippen molar-refractivity contribution in [2.75, 3.05) is 23.3 Å². The summed E-state index contributed by atoms with van der Waals surface area (Å²) in [5, 5.41) is 12.7. The zero-order chi connectivity index (χ0) is 13.9. The Morgan fingerprint density at radius 2 is 1.85 bits per heavy atom. The number of carbonyl (C=O) groups is 1. The van der Waals surface area contributed by atoms with Crippen molar-refractivity contribution in [1.29, 1.82) is 0 Å². The van der Waals surface area contributed by atoms with Crippen LogP contribution in [0, 0.1) is 0 Å². The first-order chi connectivity index (χ1) is 9.75. The van der Waals surface area contributed by atoms with Crippen LogP contribution in [0.5, 0.6) is 5.75 Å². The van der Waals surface area contributed by atoms with Gasteiger partial charge in [0, 0.05) is 18.7 Å². The average Bonchev–Trinajstić information content (AvgIpc) is 2.69. The lowest BCUT2D eigenvalue weighted by Gasteiger charge is -2.22. The van der Waals surface area contributed by atoms with Crippen LogP contribution in [0.1, 0.15) is 16.8 Å². The van der Waals surface area contributed by atoms with Gasteiger partial charge in [0.05, 0.1) is 11.4 Å². The number of anilines is 2. The zero-order valence-corrected chi connectivity index (χ0v) is 11.0. The fourth-order valence-corrected chi connectivity index (χ4v) is 2.41. The van der Waals surface area contributed by atoms with E-state index in [1.54, 1.807) is 17.0 Å². The van der Waals surface area contributed by atoms with E-state index in [0.29, 0.717) is 12.1 Å². The molecular weight excluding hydrogens is 252 g/mol. The van der Waals surface area contributed by atoms with Gasteiger partial charge in [-0.2, -0.15) is 0 Å². The van der Waals surface area contributed by atoms with Gasteiger partial charge in [-0.25, -0.2) is 0 Å². The molecule has 0 aromatic heterocycles. The van der Waals surface area contributed by atoms with Crippen LogP contribution in [-0.2, 0) is 0 Å². The Kier molecular flexibility index (Phi) is 3.29. The fourth-order valence-electron chi connectivity index (χ4n) is 2.41. The van der Waals surface area contributed by atoms with Crippen molar-refractivity contribution in [3.8, 4) is 5.75 Å². The Hall–Kier alpha value is -2.49. The quantitative estimate of drug-likeness (QED) is 0.836. The maximum Gasteiger partial charge on any atom is 0.258 e. The molecule has 0 aliphatic carbocycles. The van der Waals surface area contributed by atoms with Gasteiger partial charge in [0.2, 0.25) is 0 Å². The number of nitrogens with one attached hydrogen (secondary N) is 1. The van der Waals surface area contributed by atoms with E-state index in [1.165, 1.54) is 12.1 Å². The Morgan fingerprint density at radius 3 is 2.65 bits per heavy atom. The van der Waals surface area contributed by atoms with Crippen LogP contribution in [-0.4, -0.2) is 24.1 Å². The second-order valence-corrected chi connectivity index (χ2v) is 4.80. The Bertz CT molecular complexity index is 623. The van der Waals surface area contributed by atoms with Gasteiger partial charge in [-0.15, -0.1) is 0 Å². The van der Waals surface area contributed by atoms with Gasteiger partial charge < -0.3 is 15.3 Å². The van der Waals surface area contributed by atoms with E-state index >= 15 is 0 Å². The number of fused-ring (bicyclic) bond motifs is 1. The minimum absolute atomic E-state index is 0.0406. The zero-order valence-electron chi connectivity index (χ0n) is 11.0. The molecule has 2 N–H and O–H groups in total. The lowest BCUT2D eigenvalue weighted by Crippen LogP contribution is -2.31. The Balaban J connectivity index is 1.97. The van der Waals surface area contributed by atoms with E-state index in [4.69, 9.17) is 0 Å². The molecule has 1 aliphatic rings. The van der Waals surface area contributed by atoms with Crippen LogP contribution in [0.15, 0.2) is 48.5 Å². The normalized spacial score (nSPS) is 14.1. The lowest BCUT2D eigenvalue weighted by molar-refractivity contribution is 0.0987. The third kappa shape index (κ3) is 2.32. The molecule has 20 heavy (non-hydrogen) atoms. The number of carbonyl (C=O) groups excluding carboxylic acids is 1. The molecule has 2 aromatic rings. The summed E-state index contributed by atoms with van der Waals surface area (Å²) in [7, 11) is 0. The van der Waals surface area contributed by atoms with Gasteiger partial charge in [-0.1, -0.05) is 12.1 Å². The summed E-state index contributed by atoms with van der Waals surface area (Å²) >= 11 is 0. The minimum Gasteiger partial charge on any atom is -0.508 e. The highest BCUT2D eigenvalue weighted by atomic mass is 16.3. The van der Waals surface area contributed by atoms with Crippen molar-refractivity contribution < 1.29 is 9.90 Å². The SMILES string of the molecule is O=C(c1ccc(O)cc1)N1CCCNc2ccccc21. The van der Waals surface area contributed by atoms with Gasteiger partial charge in [0.1, 0.15) is 5.75 Å². The van der Waals surface area contributed by atoms with Crippen LogP contribution in [0.3, 0.4) is 0 Å². The van der Waals surface area contributed by atoms with Crippen LogP contribution in [0.2, 0.25) is 0 Å². The highest BCUT2D eigenvalue weighted by Crippen LogP contribution is 2.29. The van der Waals surface area contributed by atoms with Gasteiger partial charge >= 0.3 is 0 Å². The molecule has 1 amide bonds. The van der Waals surface area contributed by atoms with E-state index < -0.39 is 0 Å². The molecule has 0 fully saturated rings. The summed E-state index contributed by atoms with van der Waals surface area (Å²) in [6.45, 7) is 1.54. The molecule has 0 spiro atoms. The van der Waals surface area contributed by atoms with E-state index in [1.807, 2.05) is 24.3 Å². The third-order valence-electron chi connectivity index (χ3n) is 3.43. The highest BCUT2D eigenvalue weighted by Gasteiger charge is 2.21. The number of phenols is 1. The van der Waals surface area contributed by atoms with Crippen molar-refractivity contribution in [3.63, 3.8) is 0 Å². The number of hydrogen-bond acceptors (Lipinski definition) is 3.